The molecule has 7 heteroatoms. The highest BCUT2D eigenvalue weighted by Crippen LogP contribution is 1.94. The zero-order valence-corrected chi connectivity index (χ0v) is 7.53. The first kappa shape index (κ1) is 12.4. The van der Waals surface area contributed by atoms with E-state index in [0.29, 0.717) is 0 Å². The van der Waals surface area contributed by atoms with Gasteiger partial charge in [0, 0.05) is 6.42 Å². The summed E-state index contributed by atoms with van der Waals surface area (Å²) >= 11 is 0. The van der Waals surface area contributed by atoms with Crippen LogP contribution in [0, 0.1) is 0 Å². The van der Waals surface area contributed by atoms with E-state index in [0.717, 1.165) is 0 Å². The van der Waals surface area contributed by atoms with Crippen LogP contribution in [0.3, 0.4) is 0 Å². The van der Waals surface area contributed by atoms with Crippen LogP contribution in [0.5, 0.6) is 0 Å². The van der Waals surface area contributed by atoms with Crippen LogP contribution in [-0.4, -0.2) is 35.5 Å². The monoisotopic (exact) mass is 203 g/mol. The Morgan fingerprint density at radius 2 is 1.93 bits per heavy atom. The summed E-state index contributed by atoms with van der Waals surface area (Å²) in [6.07, 6.45) is -0.0132. The van der Waals surface area contributed by atoms with Crippen molar-refractivity contribution in [3.05, 3.63) is 0 Å². The molecule has 1 atom stereocenters. The molecule has 0 bridgehead atoms. The highest BCUT2D eigenvalue weighted by Gasteiger charge is 2.13. The summed E-state index contributed by atoms with van der Waals surface area (Å²) in [5.74, 6) is -2.26. The number of hydrogen-bond donors (Lipinski definition) is 4. The zero-order chi connectivity index (χ0) is 11.1. The molecule has 0 spiro atoms. The molecule has 0 rings (SSSR count). The maximum absolute atomic E-state index is 10.9. The van der Waals surface area contributed by atoms with Gasteiger partial charge in [0.2, 0.25) is 11.8 Å². The summed E-state index contributed by atoms with van der Waals surface area (Å²) < 4.78 is 0. The van der Waals surface area contributed by atoms with E-state index in [9.17, 15) is 14.4 Å². The predicted octanol–water partition coefficient (Wildman–Crippen LogP) is -2.22. The number of carbonyl (C=O) groups excluding carboxylic acids is 2. The Kier molecular flexibility index (Phi) is 5.23. The largest absolute Gasteiger partial charge is 0.480 e. The van der Waals surface area contributed by atoms with Crippen molar-refractivity contribution in [3.8, 4) is 0 Å². The Labute approximate surface area is 80.4 Å². The topological polar surface area (TPSA) is 136 Å². The molecule has 0 saturated carbocycles. The van der Waals surface area contributed by atoms with Gasteiger partial charge in [-0.15, -0.1) is 0 Å². The second-order valence-corrected chi connectivity index (χ2v) is 2.73. The molecule has 0 aliphatic rings. The Bertz CT molecular complexity index is 241. The summed E-state index contributed by atoms with van der Waals surface area (Å²) in [7, 11) is 0. The minimum Gasteiger partial charge on any atom is -0.480 e. The number of hydrogen-bond acceptors (Lipinski definition) is 4. The Balaban J connectivity index is 3.64. The van der Waals surface area contributed by atoms with Crippen molar-refractivity contribution in [3.63, 3.8) is 0 Å². The van der Waals surface area contributed by atoms with Crippen LogP contribution in [0.1, 0.15) is 12.8 Å². The maximum atomic E-state index is 10.9. The number of aliphatic carboxylic acids is 1. The van der Waals surface area contributed by atoms with Gasteiger partial charge in [0.05, 0.1) is 6.54 Å². The first-order chi connectivity index (χ1) is 6.43. The average molecular weight is 203 g/mol. The molecule has 0 aromatic heterocycles. The van der Waals surface area contributed by atoms with Gasteiger partial charge in [-0.25, -0.2) is 0 Å². The molecule has 0 aliphatic carbocycles. The van der Waals surface area contributed by atoms with Gasteiger partial charge < -0.3 is 21.9 Å². The fourth-order valence-electron chi connectivity index (χ4n) is 0.684. The maximum Gasteiger partial charge on any atom is 0.320 e. The summed E-state index contributed by atoms with van der Waals surface area (Å²) in [5, 5.41) is 10.6. The van der Waals surface area contributed by atoms with Gasteiger partial charge in [0.15, 0.2) is 0 Å². The van der Waals surface area contributed by atoms with Crippen LogP contribution in [0.25, 0.3) is 0 Å². The molecule has 14 heavy (non-hydrogen) atoms. The van der Waals surface area contributed by atoms with Gasteiger partial charge in [-0.1, -0.05) is 0 Å². The van der Waals surface area contributed by atoms with Gasteiger partial charge >= 0.3 is 5.97 Å². The summed E-state index contributed by atoms with van der Waals surface area (Å²) in [4.78, 5) is 31.4. The van der Waals surface area contributed by atoms with Gasteiger partial charge in [-0.2, -0.15) is 0 Å². The van der Waals surface area contributed by atoms with Crippen molar-refractivity contribution in [1.29, 1.82) is 0 Å². The molecule has 80 valence electrons. The minimum absolute atomic E-state index is 0.0277. The third kappa shape index (κ3) is 5.95. The first-order valence-electron chi connectivity index (χ1n) is 3.97. The Morgan fingerprint density at radius 1 is 1.36 bits per heavy atom. The second-order valence-electron chi connectivity index (χ2n) is 2.73. The van der Waals surface area contributed by atoms with Crippen LogP contribution < -0.4 is 16.8 Å². The van der Waals surface area contributed by atoms with Crippen molar-refractivity contribution in [2.24, 2.45) is 11.5 Å². The molecular formula is C7H13N3O4. The van der Waals surface area contributed by atoms with E-state index in [-0.39, 0.29) is 19.4 Å². The molecule has 0 heterocycles. The van der Waals surface area contributed by atoms with E-state index in [4.69, 9.17) is 16.6 Å². The molecule has 0 aliphatic heterocycles. The van der Waals surface area contributed by atoms with Crippen LogP contribution in [0.2, 0.25) is 0 Å². The van der Waals surface area contributed by atoms with Crippen molar-refractivity contribution in [2.45, 2.75) is 18.9 Å². The van der Waals surface area contributed by atoms with Crippen LogP contribution >= 0.6 is 0 Å². The molecule has 0 unspecified atom stereocenters. The van der Waals surface area contributed by atoms with Crippen molar-refractivity contribution >= 4 is 17.8 Å². The number of nitrogens with two attached hydrogens (primary N) is 2. The number of carbonyl (C=O) groups is 3. The number of nitrogens with one attached hydrogen (secondary N) is 1. The smallest absolute Gasteiger partial charge is 0.320 e. The highest BCUT2D eigenvalue weighted by molar-refractivity contribution is 5.84. The fourth-order valence-corrected chi connectivity index (χ4v) is 0.684. The number of rotatable bonds is 6. The summed E-state index contributed by atoms with van der Waals surface area (Å²) in [5.41, 5.74) is 9.92. The highest BCUT2D eigenvalue weighted by atomic mass is 16.4. The number of primary amides is 1. The molecule has 0 fully saturated rings. The number of amides is 2. The normalized spacial score (nSPS) is 11.8. The van der Waals surface area contributed by atoms with Crippen molar-refractivity contribution in [2.75, 3.05) is 6.54 Å². The molecule has 7 nitrogen and oxygen atoms in total. The van der Waals surface area contributed by atoms with Crippen molar-refractivity contribution < 1.29 is 19.5 Å². The molecule has 0 aromatic rings. The lowest BCUT2D eigenvalue weighted by Crippen LogP contribution is -2.35. The predicted molar refractivity (Wildman–Crippen MR) is 47.0 cm³/mol. The number of carboxylic acid groups (broad SMARTS) is 1. The third-order valence-corrected chi connectivity index (χ3v) is 1.46. The third-order valence-electron chi connectivity index (χ3n) is 1.46. The lowest BCUT2D eigenvalue weighted by molar-refractivity contribution is -0.138. The number of carboxylic acids is 1. The lowest BCUT2D eigenvalue weighted by Gasteiger charge is -2.05. The van der Waals surface area contributed by atoms with Gasteiger partial charge in [-0.3, -0.25) is 14.4 Å². The lowest BCUT2D eigenvalue weighted by atomic mass is 10.1. The van der Waals surface area contributed by atoms with E-state index >= 15 is 0 Å². The minimum atomic E-state index is -1.16. The average Bonchev–Trinajstić information content (AvgIpc) is 2.10. The standard InChI is InChI=1S/C7H13N3O4/c8-4(7(13)14)1-2-6(12)10-3-5(9)11/h4H,1-3,8H2,(H2,9,11)(H,10,12)(H,13,14)/t4-/m0/s1. The molecule has 0 aromatic carbocycles. The molecule has 2 amide bonds. The van der Waals surface area contributed by atoms with Gasteiger partial charge in [0.25, 0.3) is 0 Å². The van der Waals surface area contributed by atoms with Gasteiger partial charge in [-0.05, 0) is 6.42 Å². The molecule has 0 saturated heterocycles. The molecule has 6 N–H and O–H groups in total. The van der Waals surface area contributed by atoms with E-state index in [2.05, 4.69) is 5.32 Å². The fraction of sp³-hybridized carbons (Fsp3) is 0.571. The summed E-state index contributed by atoms with van der Waals surface area (Å²) in [6.45, 7) is -0.249. The Morgan fingerprint density at radius 3 is 2.36 bits per heavy atom. The zero-order valence-electron chi connectivity index (χ0n) is 7.53. The molecule has 0 radical (unpaired) electrons. The van der Waals surface area contributed by atoms with E-state index in [1.165, 1.54) is 0 Å². The van der Waals surface area contributed by atoms with E-state index in [1.54, 1.807) is 0 Å². The Hall–Kier alpha value is -1.63. The van der Waals surface area contributed by atoms with Crippen LogP contribution in [0.15, 0.2) is 0 Å². The van der Waals surface area contributed by atoms with E-state index < -0.39 is 23.8 Å². The molecular weight excluding hydrogens is 190 g/mol. The SMILES string of the molecule is NC(=O)CNC(=O)CC[C@H](N)C(=O)O. The van der Waals surface area contributed by atoms with E-state index in [1.807, 2.05) is 0 Å². The second kappa shape index (κ2) is 5.92. The quantitative estimate of drug-likeness (QED) is 0.387. The van der Waals surface area contributed by atoms with Gasteiger partial charge in [0.1, 0.15) is 6.04 Å². The summed E-state index contributed by atoms with van der Waals surface area (Å²) in [6, 6.07) is -1.06. The van der Waals surface area contributed by atoms with Crippen LogP contribution in [0.4, 0.5) is 0 Å². The van der Waals surface area contributed by atoms with Crippen LogP contribution in [-0.2, 0) is 14.4 Å². The first-order valence-corrected chi connectivity index (χ1v) is 3.97. The van der Waals surface area contributed by atoms with Crippen molar-refractivity contribution in [1.82, 2.24) is 5.32 Å².